The Kier molecular flexibility index (Phi) is 10.0. The molecule has 0 spiro atoms. The van der Waals surface area contributed by atoms with Crippen LogP contribution >= 0.6 is 8.38 Å². The highest BCUT2D eigenvalue weighted by Crippen LogP contribution is 2.38. The van der Waals surface area contributed by atoms with Gasteiger partial charge in [-0.05, 0) is 0 Å². The summed E-state index contributed by atoms with van der Waals surface area (Å²) in [5.74, 6) is 0. The number of hydrogen-bond acceptors (Lipinski definition) is 5. The van der Waals surface area contributed by atoms with Crippen molar-refractivity contribution in [3.05, 3.63) is 0 Å². The van der Waals surface area contributed by atoms with Crippen LogP contribution < -0.4 is 0 Å². The average Bonchev–Trinajstić information content (AvgIpc) is 2.25. The van der Waals surface area contributed by atoms with Gasteiger partial charge in [-0.1, -0.05) is 0 Å². The lowest BCUT2D eigenvalue weighted by atomic mass is 10.5. The van der Waals surface area contributed by atoms with Crippen molar-refractivity contribution in [2.24, 2.45) is 0 Å². The van der Waals surface area contributed by atoms with Crippen molar-refractivity contribution in [1.82, 2.24) is 0 Å². The van der Waals surface area contributed by atoms with Crippen molar-refractivity contribution in [3.8, 4) is 18.2 Å². The standard InChI is InChI=1S/C9H12N3O2P/c10-4-1-7-13-15(9-3-6-12)14-8-2-5-11/h1-3,7-9H2. The van der Waals surface area contributed by atoms with Crippen molar-refractivity contribution < 1.29 is 9.05 Å². The molecule has 0 unspecified atom stereocenters. The van der Waals surface area contributed by atoms with Crippen molar-refractivity contribution in [1.29, 1.82) is 15.8 Å². The number of rotatable bonds is 8. The van der Waals surface area contributed by atoms with Gasteiger partial charge in [-0.3, -0.25) is 0 Å². The van der Waals surface area contributed by atoms with Gasteiger partial charge in [-0.15, -0.1) is 0 Å². The lowest BCUT2D eigenvalue weighted by molar-refractivity contribution is 0.257. The molecule has 0 bridgehead atoms. The SMILES string of the molecule is N#CCCOP(CCC#N)OCCC#N. The zero-order valence-corrected chi connectivity index (χ0v) is 9.24. The molecule has 6 heteroatoms. The van der Waals surface area contributed by atoms with Gasteiger partial charge in [-0.2, -0.15) is 15.8 Å². The lowest BCUT2D eigenvalue weighted by Gasteiger charge is -2.14. The predicted octanol–water partition coefficient (Wildman–Crippen LogP) is 2.07. The van der Waals surface area contributed by atoms with Crippen LogP contribution in [-0.4, -0.2) is 19.4 Å². The molecule has 15 heavy (non-hydrogen) atoms. The molecule has 0 aliphatic rings. The summed E-state index contributed by atoms with van der Waals surface area (Å²) in [7, 11) is -1.11. The van der Waals surface area contributed by atoms with E-state index in [-0.39, 0.29) is 0 Å². The molecule has 0 amide bonds. The summed E-state index contributed by atoms with van der Waals surface area (Å²) < 4.78 is 10.6. The number of nitriles is 3. The van der Waals surface area contributed by atoms with Crippen LogP contribution in [0.4, 0.5) is 0 Å². The molecule has 5 nitrogen and oxygen atoms in total. The lowest BCUT2D eigenvalue weighted by Crippen LogP contribution is -1.97. The van der Waals surface area contributed by atoms with Gasteiger partial charge in [0.05, 0.1) is 44.3 Å². The maximum Gasteiger partial charge on any atom is 0.171 e. The zero-order chi connectivity index (χ0) is 11.4. The average molecular weight is 225 g/mol. The first kappa shape index (κ1) is 13.8. The van der Waals surface area contributed by atoms with Crippen molar-refractivity contribution in [2.45, 2.75) is 19.3 Å². The quantitative estimate of drug-likeness (QED) is 0.466. The fourth-order valence-electron chi connectivity index (χ4n) is 0.694. The van der Waals surface area contributed by atoms with Crippen molar-refractivity contribution >= 4 is 8.38 Å². The molecule has 80 valence electrons. The monoisotopic (exact) mass is 225 g/mol. The van der Waals surface area contributed by atoms with Gasteiger partial charge < -0.3 is 9.05 Å². The summed E-state index contributed by atoms with van der Waals surface area (Å²) >= 11 is 0. The Morgan fingerprint density at radius 3 is 1.67 bits per heavy atom. The maximum absolute atomic E-state index is 8.40. The molecule has 0 fully saturated rings. The highest BCUT2D eigenvalue weighted by atomic mass is 31.2. The topological polar surface area (TPSA) is 89.8 Å². The molecule has 0 saturated heterocycles. The molecule has 0 heterocycles. The van der Waals surface area contributed by atoms with E-state index < -0.39 is 8.38 Å². The summed E-state index contributed by atoms with van der Waals surface area (Å²) in [5, 5.41) is 25.0. The zero-order valence-electron chi connectivity index (χ0n) is 8.35. The van der Waals surface area contributed by atoms with Crippen LogP contribution in [0.2, 0.25) is 0 Å². The molecule has 0 aliphatic heterocycles. The Hall–Kier alpha value is -1.18. The molecular weight excluding hydrogens is 213 g/mol. The van der Waals surface area contributed by atoms with Gasteiger partial charge in [-0.25, -0.2) is 0 Å². The minimum Gasteiger partial charge on any atom is -0.333 e. The molecule has 0 atom stereocenters. The predicted molar refractivity (Wildman–Crippen MR) is 54.4 cm³/mol. The van der Waals surface area contributed by atoms with Crippen LogP contribution in [0, 0.1) is 34.0 Å². The van der Waals surface area contributed by atoms with E-state index in [1.165, 1.54) is 0 Å². The third-order valence-electron chi connectivity index (χ3n) is 1.30. The molecule has 0 saturated carbocycles. The first-order chi connectivity index (χ1) is 7.35. The molecule has 0 radical (unpaired) electrons. The second-order valence-electron chi connectivity index (χ2n) is 2.45. The highest BCUT2D eigenvalue weighted by molar-refractivity contribution is 7.47. The second-order valence-corrected chi connectivity index (χ2v) is 4.08. The molecule has 0 aliphatic carbocycles. The largest absolute Gasteiger partial charge is 0.333 e. The van der Waals surface area contributed by atoms with Crippen molar-refractivity contribution in [2.75, 3.05) is 19.4 Å². The van der Waals surface area contributed by atoms with E-state index in [0.29, 0.717) is 38.6 Å². The van der Waals surface area contributed by atoms with Crippen LogP contribution in [0.3, 0.4) is 0 Å². The van der Waals surface area contributed by atoms with Crippen LogP contribution in [0.5, 0.6) is 0 Å². The van der Waals surface area contributed by atoms with E-state index in [1.807, 2.05) is 18.2 Å². The van der Waals surface area contributed by atoms with E-state index in [2.05, 4.69) is 0 Å². The van der Waals surface area contributed by atoms with Crippen LogP contribution in [0.25, 0.3) is 0 Å². The summed E-state index contributed by atoms with van der Waals surface area (Å²) in [6.45, 7) is 0.639. The highest BCUT2D eigenvalue weighted by Gasteiger charge is 2.09. The Labute approximate surface area is 90.7 Å². The summed E-state index contributed by atoms with van der Waals surface area (Å²) in [4.78, 5) is 0. The third kappa shape index (κ3) is 9.13. The van der Waals surface area contributed by atoms with Crippen molar-refractivity contribution in [3.63, 3.8) is 0 Å². The fraction of sp³-hybridized carbons (Fsp3) is 0.667. The fourth-order valence-corrected chi connectivity index (χ4v) is 1.90. The van der Waals surface area contributed by atoms with E-state index in [4.69, 9.17) is 24.8 Å². The maximum atomic E-state index is 8.40. The van der Waals surface area contributed by atoms with Gasteiger partial charge in [0, 0.05) is 12.6 Å². The molecule has 0 aromatic heterocycles. The van der Waals surface area contributed by atoms with E-state index >= 15 is 0 Å². The van der Waals surface area contributed by atoms with Gasteiger partial charge in [0.1, 0.15) is 0 Å². The summed E-state index contributed by atoms with van der Waals surface area (Å²) in [6, 6.07) is 5.92. The summed E-state index contributed by atoms with van der Waals surface area (Å²) in [6.07, 6.45) is 1.52. The van der Waals surface area contributed by atoms with Gasteiger partial charge in [0.25, 0.3) is 0 Å². The molecule has 0 aromatic rings. The Morgan fingerprint density at radius 1 is 0.800 bits per heavy atom. The number of nitrogens with zero attached hydrogens (tertiary/aromatic N) is 3. The molecular formula is C9H12N3O2P. The minimum absolute atomic E-state index is 0.312. The van der Waals surface area contributed by atoms with Crippen LogP contribution in [0.1, 0.15) is 19.3 Å². The van der Waals surface area contributed by atoms with Gasteiger partial charge >= 0.3 is 0 Å². The van der Waals surface area contributed by atoms with Gasteiger partial charge in [0.15, 0.2) is 8.38 Å². The number of hydrogen-bond donors (Lipinski definition) is 0. The first-order valence-electron chi connectivity index (χ1n) is 4.49. The second kappa shape index (κ2) is 10.9. The Bertz CT molecular complexity index is 257. The van der Waals surface area contributed by atoms with E-state index in [1.54, 1.807) is 0 Å². The Morgan fingerprint density at radius 2 is 1.27 bits per heavy atom. The normalized spacial score (nSPS) is 9.20. The molecule has 0 aromatic carbocycles. The smallest absolute Gasteiger partial charge is 0.171 e. The Balaban J connectivity index is 3.70. The summed E-state index contributed by atoms with van der Waals surface area (Å²) in [5.41, 5.74) is 0. The molecule has 0 rings (SSSR count). The van der Waals surface area contributed by atoms with E-state index in [9.17, 15) is 0 Å². The van der Waals surface area contributed by atoms with Gasteiger partial charge in [0.2, 0.25) is 0 Å². The van der Waals surface area contributed by atoms with Crippen LogP contribution in [0.15, 0.2) is 0 Å². The first-order valence-corrected chi connectivity index (χ1v) is 5.85. The molecule has 0 N–H and O–H groups in total. The van der Waals surface area contributed by atoms with E-state index in [0.717, 1.165) is 0 Å². The van der Waals surface area contributed by atoms with Crippen LogP contribution in [-0.2, 0) is 9.05 Å². The third-order valence-corrected chi connectivity index (χ3v) is 2.83. The minimum atomic E-state index is -1.11.